The third kappa shape index (κ3) is 2.51. The number of nitrogens with zero attached hydrogens (tertiary/aromatic N) is 2. The lowest BCUT2D eigenvalue weighted by Crippen LogP contribution is -2.46. The molecule has 1 amide bonds. The van der Waals surface area contributed by atoms with Crippen molar-refractivity contribution in [2.24, 2.45) is 0 Å². The molecule has 0 unspecified atom stereocenters. The van der Waals surface area contributed by atoms with Crippen molar-refractivity contribution < 1.29 is 4.79 Å². The molecular weight excluding hydrogens is 298 g/mol. The Morgan fingerprint density at radius 3 is 2.67 bits per heavy atom. The number of amides is 1. The average Bonchev–Trinajstić information content (AvgIpc) is 2.90. The summed E-state index contributed by atoms with van der Waals surface area (Å²) >= 11 is 0. The molecule has 1 saturated heterocycles. The van der Waals surface area contributed by atoms with Crippen LogP contribution in [0.4, 0.5) is 5.69 Å². The number of benzene rings is 1. The number of para-hydroxylation sites is 1. The van der Waals surface area contributed by atoms with E-state index >= 15 is 0 Å². The van der Waals surface area contributed by atoms with Crippen molar-refractivity contribution in [2.45, 2.75) is 38.1 Å². The Balaban J connectivity index is 1.46. The molecule has 4 rings (SSSR count). The highest BCUT2D eigenvalue weighted by Gasteiger charge is 2.48. The van der Waals surface area contributed by atoms with Crippen LogP contribution < -0.4 is 5.32 Å². The molecule has 0 radical (unpaired) electrons. The first-order valence-electron chi connectivity index (χ1n) is 8.78. The summed E-state index contributed by atoms with van der Waals surface area (Å²) in [7, 11) is 0. The summed E-state index contributed by atoms with van der Waals surface area (Å²) in [5, 5.41) is 3.07. The third-order valence-corrected chi connectivity index (χ3v) is 5.51. The maximum atomic E-state index is 12.6. The number of aromatic nitrogens is 1. The van der Waals surface area contributed by atoms with Crippen LogP contribution in [-0.4, -0.2) is 28.9 Å². The Morgan fingerprint density at radius 2 is 1.96 bits per heavy atom. The van der Waals surface area contributed by atoms with Gasteiger partial charge in [-0.05, 0) is 55.6 Å². The van der Waals surface area contributed by atoms with E-state index in [1.165, 1.54) is 11.1 Å². The molecule has 1 fully saturated rings. The fourth-order valence-corrected chi connectivity index (χ4v) is 3.95. The van der Waals surface area contributed by atoms with E-state index in [2.05, 4.69) is 40.3 Å². The van der Waals surface area contributed by atoms with Gasteiger partial charge in [0.05, 0.1) is 11.1 Å². The first kappa shape index (κ1) is 15.3. The van der Waals surface area contributed by atoms with Gasteiger partial charge >= 0.3 is 0 Å². The van der Waals surface area contributed by atoms with Crippen LogP contribution in [0.1, 0.15) is 36.6 Å². The summed E-state index contributed by atoms with van der Waals surface area (Å²) in [6.45, 7) is 4.87. The summed E-state index contributed by atoms with van der Waals surface area (Å²) in [5.74, 6) is 0.175. The summed E-state index contributed by atoms with van der Waals surface area (Å²) in [6, 6.07) is 12.4. The van der Waals surface area contributed by atoms with Gasteiger partial charge in [-0.15, -0.1) is 0 Å². The van der Waals surface area contributed by atoms with Gasteiger partial charge in [0.25, 0.3) is 0 Å². The summed E-state index contributed by atoms with van der Waals surface area (Å²) < 4.78 is 0. The van der Waals surface area contributed by atoms with Crippen molar-refractivity contribution in [3.05, 3.63) is 59.4 Å². The molecule has 2 aliphatic heterocycles. The van der Waals surface area contributed by atoms with E-state index in [-0.39, 0.29) is 11.3 Å². The monoisotopic (exact) mass is 321 g/mol. The second-order valence-corrected chi connectivity index (χ2v) is 6.87. The van der Waals surface area contributed by atoms with E-state index in [0.29, 0.717) is 0 Å². The SMILES string of the molecule is CCc1ccc(CN2CCC3(CC2)C(=O)Nc2ccccc23)nc1. The first-order chi connectivity index (χ1) is 11.7. The number of carbonyl (C=O) groups excluding carboxylic acids is 1. The zero-order valence-corrected chi connectivity index (χ0v) is 14.1. The Bertz CT molecular complexity index is 746. The second-order valence-electron chi connectivity index (χ2n) is 6.87. The fraction of sp³-hybridized carbons (Fsp3) is 0.400. The number of anilines is 1. The highest BCUT2D eigenvalue weighted by atomic mass is 16.2. The Labute approximate surface area is 142 Å². The predicted molar refractivity (Wildman–Crippen MR) is 94.9 cm³/mol. The molecule has 1 N–H and O–H groups in total. The van der Waals surface area contributed by atoms with Gasteiger partial charge in [0, 0.05) is 18.4 Å². The smallest absolute Gasteiger partial charge is 0.235 e. The van der Waals surface area contributed by atoms with Crippen LogP contribution in [0.5, 0.6) is 0 Å². The molecule has 1 spiro atoms. The Morgan fingerprint density at radius 1 is 1.17 bits per heavy atom. The lowest BCUT2D eigenvalue weighted by Gasteiger charge is -2.37. The number of carbonyl (C=O) groups is 1. The normalized spacial score (nSPS) is 19.3. The van der Waals surface area contributed by atoms with Gasteiger partial charge in [-0.2, -0.15) is 0 Å². The van der Waals surface area contributed by atoms with Crippen molar-refractivity contribution >= 4 is 11.6 Å². The third-order valence-electron chi connectivity index (χ3n) is 5.51. The van der Waals surface area contributed by atoms with Crippen LogP contribution in [0, 0.1) is 0 Å². The van der Waals surface area contributed by atoms with E-state index in [1.807, 2.05) is 24.4 Å². The molecule has 0 saturated carbocycles. The molecule has 4 nitrogen and oxygen atoms in total. The van der Waals surface area contributed by atoms with Gasteiger partial charge in [-0.1, -0.05) is 31.2 Å². The van der Waals surface area contributed by atoms with Gasteiger partial charge in [-0.25, -0.2) is 0 Å². The molecule has 0 atom stereocenters. The number of piperidine rings is 1. The minimum Gasteiger partial charge on any atom is -0.325 e. The minimum atomic E-state index is -0.327. The largest absolute Gasteiger partial charge is 0.325 e. The highest BCUT2D eigenvalue weighted by Crippen LogP contribution is 2.44. The first-order valence-corrected chi connectivity index (χ1v) is 8.78. The van der Waals surface area contributed by atoms with E-state index in [9.17, 15) is 4.79 Å². The molecule has 3 heterocycles. The van der Waals surface area contributed by atoms with Crippen molar-refractivity contribution in [3.8, 4) is 0 Å². The van der Waals surface area contributed by atoms with Gasteiger partial charge in [0.15, 0.2) is 0 Å². The Kier molecular flexibility index (Phi) is 3.85. The summed E-state index contributed by atoms with van der Waals surface area (Å²) in [6.07, 6.45) is 4.75. The topological polar surface area (TPSA) is 45.2 Å². The molecule has 4 heteroatoms. The van der Waals surface area contributed by atoms with Gasteiger partial charge in [0.1, 0.15) is 0 Å². The minimum absolute atomic E-state index is 0.175. The standard InChI is InChI=1S/C20H23N3O/c1-2-15-7-8-16(21-13-15)14-23-11-9-20(10-12-23)17-5-3-4-6-18(17)22-19(20)24/h3-8,13H,2,9-12,14H2,1H3,(H,22,24). The highest BCUT2D eigenvalue weighted by molar-refractivity contribution is 6.06. The maximum Gasteiger partial charge on any atom is 0.235 e. The molecular formula is C20H23N3O. The van der Waals surface area contributed by atoms with Gasteiger partial charge in [-0.3, -0.25) is 14.7 Å². The Hall–Kier alpha value is -2.20. The van der Waals surface area contributed by atoms with Gasteiger partial charge < -0.3 is 5.32 Å². The van der Waals surface area contributed by atoms with Crippen molar-refractivity contribution in [3.63, 3.8) is 0 Å². The number of likely N-dealkylation sites (tertiary alicyclic amines) is 1. The number of aryl methyl sites for hydroxylation is 1. The molecule has 2 aromatic rings. The predicted octanol–water partition coefficient (Wildman–Crippen LogP) is 3.13. The number of nitrogens with one attached hydrogen (secondary N) is 1. The zero-order chi connectivity index (χ0) is 16.6. The van der Waals surface area contributed by atoms with Crippen molar-refractivity contribution in [2.75, 3.05) is 18.4 Å². The summed E-state index contributed by atoms with van der Waals surface area (Å²) in [4.78, 5) is 19.6. The molecule has 0 bridgehead atoms. The van der Waals surface area contributed by atoms with Crippen LogP contribution in [-0.2, 0) is 23.2 Å². The van der Waals surface area contributed by atoms with Crippen molar-refractivity contribution in [1.82, 2.24) is 9.88 Å². The molecule has 24 heavy (non-hydrogen) atoms. The average molecular weight is 321 g/mol. The van der Waals surface area contributed by atoms with E-state index in [1.54, 1.807) is 0 Å². The second kappa shape index (κ2) is 6.02. The number of hydrogen-bond acceptors (Lipinski definition) is 3. The number of fused-ring (bicyclic) bond motifs is 2. The van der Waals surface area contributed by atoms with Crippen LogP contribution in [0.3, 0.4) is 0 Å². The number of pyridine rings is 1. The van der Waals surface area contributed by atoms with E-state index in [0.717, 1.165) is 50.3 Å². The van der Waals surface area contributed by atoms with Crippen LogP contribution in [0.25, 0.3) is 0 Å². The number of hydrogen-bond donors (Lipinski definition) is 1. The van der Waals surface area contributed by atoms with Crippen molar-refractivity contribution in [1.29, 1.82) is 0 Å². The summed E-state index contributed by atoms with van der Waals surface area (Å²) in [5.41, 5.74) is 4.23. The zero-order valence-electron chi connectivity index (χ0n) is 14.1. The molecule has 1 aromatic heterocycles. The lowest BCUT2D eigenvalue weighted by molar-refractivity contribution is -0.122. The molecule has 1 aromatic carbocycles. The van der Waals surface area contributed by atoms with Gasteiger partial charge in [0.2, 0.25) is 5.91 Å². The van der Waals surface area contributed by atoms with E-state index < -0.39 is 0 Å². The molecule has 0 aliphatic carbocycles. The van der Waals surface area contributed by atoms with Crippen LogP contribution in [0.2, 0.25) is 0 Å². The molecule has 124 valence electrons. The van der Waals surface area contributed by atoms with E-state index in [4.69, 9.17) is 0 Å². The van der Waals surface area contributed by atoms with Crippen LogP contribution in [0.15, 0.2) is 42.6 Å². The molecule has 2 aliphatic rings. The maximum absolute atomic E-state index is 12.6. The lowest BCUT2D eigenvalue weighted by atomic mass is 9.73. The quantitative estimate of drug-likeness (QED) is 0.945. The number of rotatable bonds is 3. The van der Waals surface area contributed by atoms with Crippen LogP contribution >= 0.6 is 0 Å². The fourth-order valence-electron chi connectivity index (χ4n) is 3.95.